The minimum atomic E-state index is -3.93. The van der Waals surface area contributed by atoms with Gasteiger partial charge in [0.1, 0.15) is 13.3 Å². The third kappa shape index (κ3) is 4.14. The monoisotopic (exact) mass is 259 g/mol. The van der Waals surface area contributed by atoms with Crippen molar-refractivity contribution in [3.63, 3.8) is 0 Å². The van der Waals surface area contributed by atoms with E-state index in [-0.39, 0.29) is 4.90 Å². The molecule has 0 unspecified atom stereocenters. The van der Waals surface area contributed by atoms with Crippen LogP contribution < -0.4 is 5.32 Å². The van der Waals surface area contributed by atoms with Crippen molar-refractivity contribution in [2.75, 3.05) is 13.3 Å². The van der Waals surface area contributed by atoms with Gasteiger partial charge in [-0.15, -0.1) is 0 Å². The van der Waals surface area contributed by atoms with E-state index in [0.717, 1.165) is 5.56 Å². The number of benzene rings is 1. The van der Waals surface area contributed by atoms with Gasteiger partial charge < -0.3 is 10.4 Å². The number of aliphatic hydroxyl groups is 1. The summed E-state index contributed by atoms with van der Waals surface area (Å²) in [4.78, 5) is 10.9. The maximum absolute atomic E-state index is 11.6. The van der Waals surface area contributed by atoms with Gasteiger partial charge in [0.25, 0.3) is 10.1 Å². The summed E-state index contributed by atoms with van der Waals surface area (Å²) >= 11 is 0. The molecule has 6 nitrogen and oxygen atoms in total. The second-order valence-electron chi connectivity index (χ2n) is 3.29. The van der Waals surface area contributed by atoms with Crippen LogP contribution >= 0.6 is 0 Å². The Bertz CT molecular complexity index is 480. The van der Waals surface area contributed by atoms with Crippen LogP contribution in [0.5, 0.6) is 0 Å². The molecule has 0 aliphatic carbocycles. The highest BCUT2D eigenvalue weighted by molar-refractivity contribution is 7.86. The predicted molar refractivity (Wildman–Crippen MR) is 59.5 cm³/mol. The maximum Gasteiger partial charge on any atom is 0.297 e. The highest BCUT2D eigenvalue weighted by atomic mass is 32.2. The van der Waals surface area contributed by atoms with E-state index < -0.39 is 29.4 Å². The zero-order valence-electron chi connectivity index (χ0n) is 9.21. The van der Waals surface area contributed by atoms with Crippen LogP contribution in [0.1, 0.15) is 5.56 Å². The van der Waals surface area contributed by atoms with E-state index in [9.17, 15) is 13.2 Å². The van der Waals surface area contributed by atoms with Gasteiger partial charge >= 0.3 is 0 Å². The van der Waals surface area contributed by atoms with Crippen LogP contribution in [0.4, 0.5) is 0 Å². The molecule has 0 radical (unpaired) electrons. The summed E-state index contributed by atoms with van der Waals surface area (Å²) in [6.45, 7) is 0.607. The van der Waals surface area contributed by atoms with Crippen LogP contribution in [0.25, 0.3) is 0 Å². The summed E-state index contributed by atoms with van der Waals surface area (Å²) in [5, 5.41) is 10.4. The van der Waals surface area contributed by atoms with Crippen LogP contribution in [0.3, 0.4) is 0 Å². The maximum atomic E-state index is 11.6. The van der Waals surface area contributed by atoms with Gasteiger partial charge in [0.15, 0.2) is 0 Å². The Hall–Kier alpha value is -1.44. The average molecular weight is 259 g/mol. The van der Waals surface area contributed by atoms with Gasteiger partial charge in [-0.05, 0) is 19.1 Å². The summed E-state index contributed by atoms with van der Waals surface area (Å²) < 4.78 is 27.7. The number of aliphatic hydroxyl groups excluding tert-OH is 1. The van der Waals surface area contributed by atoms with Crippen molar-refractivity contribution in [2.45, 2.75) is 11.8 Å². The van der Waals surface area contributed by atoms with Gasteiger partial charge in [0.05, 0.1) is 4.90 Å². The average Bonchev–Trinajstić information content (AvgIpc) is 2.28. The fourth-order valence-electron chi connectivity index (χ4n) is 1.04. The smallest absolute Gasteiger partial charge is 0.297 e. The van der Waals surface area contributed by atoms with Crippen molar-refractivity contribution < 1.29 is 22.5 Å². The van der Waals surface area contributed by atoms with Crippen molar-refractivity contribution in [2.24, 2.45) is 0 Å². The predicted octanol–water partition coefficient (Wildman–Crippen LogP) is -0.234. The van der Waals surface area contributed by atoms with Crippen molar-refractivity contribution in [3.8, 4) is 0 Å². The van der Waals surface area contributed by atoms with Gasteiger partial charge in [-0.25, -0.2) is 0 Å². The van der Waals surface area contributed by atoms with Gasteiger partial charge in [-0.2, -0.15) is 8.42 Å². The zero-order chi connectivity index (χ0) is 12.9. The first-order valence-corrected chi connectivity index (χ1v) is 6.20. The number of rotatable bonds is 5. The third-order valence-corrected chi connectivity index (χ3v) is 3.21. The molecule has 0 spiro atoms. The summed E-state index contributed by atoms with van der Waals surface area (Å²) in [5.41, 5.74) is 0.918. The second kappa shape index (κ2) is 5.76. The number of nitrogens with one attached hydrogen (secondary N) is 1. The molecular weight excluding hydrogens is 246 g/mol. The highest BCUT2D eigenvalue weighted by Gasteiger charge is 2.16. The van der Waals surface area contributed by atoms with Gasteiger partial charge in [-0.3, -0.25) is 8.98 Å². The number of carbonyl (C=O) groups excluding carboxylic acids is 1. The van der Waals surface area contributed by atoms with Gasteiger partial charge in [-0.1, -0.05) is 17.7 Å². The molecule has 1 rings (SSSR count). The summed E-state index contributed by atoms with van der Waals surface area (Å²) in [6, 6.07) is 6.05. The van der Waals surface area contributed by atoms with Crippen LogP contribution in [0.2, 0.25) is 0 Å². The number of carbonyl (C=O) groups is 1. The Balaban J connectivity index is 2.69. The molecule has 17 heavy (non-hydrogen) atoms. The summed E-state index contributed by atoms with van der Waals surface area (Å²) in [5.74, 6) is -0.705. The van der Waals surface area contributed by atoms with E-state index in [4.69, 9.17) is 5.11 Å². The standard InChI is InChI=1S/C10H13NO5S/c1-8-2-4-9(5-3-8)17(14,15)16-6-10(13)11-7-12/h2-5,12H,6-7H2,1H3,(H,11,13). The molecule has 0 saturated heterocycles. The zero-order valence-corrected chi connectivity index (χ0v) is 10.0. The van der Waals surface area contributed by atoms with E-state index >= 15 is 0 Å². The van der Waals surface area contributed by atoms with Crippen molar-refractivity contribution in [1.29, 1.82) is 0 Å². The number of amides is 1. The molecule has 0 aromatic heterocycles. The highest BCUT2D eigenvalue weighted by Crippen LogP contribution is 2.12. The first-order chi connectivity index (χ1) is 7.95. The van der Waals surface area contributed by atoms with E-state index in [1.807, 2.05) is 12.2 Å². The molecule has 0 fully saturated rings. The molecule has 1 aromatic carbocycles. The largest absolute Gasteiger partial charge is 0.376 e. The molecule has 0 heterocycles. The van der Waals surface area contributed by atoms with E-state index in [1.165, 1.54) is 12.1 Å². The molecule has 0 saturated carbocycles. The third-order valence-electron chi connectivity index (χ3n) is 1.93. The first kappa shape index (κ1) is 13.6. The van der Waals surface area contributed by atoms with Gasteiger partial charge in [0, 0.05) is 0 Å². The van der Waals surface area contributed by atoms with E-state index in [1.54, 1.807) is 12.1 Å². The minimum absolute atomic E-state index is 0.0140. The first-order valence-electron chi connectivity index (χ1n) is 4.79. The van der Waals surface area contributed by atoms with E-state index in [0.29, 0.717) is 0 Å². The summed E-state index contributed by atoms with van der Waals surface area (Å²) in [6.07, 6.45) is 0. The Labute approximate surface area is 99.3 Å². The molecule has 94 valence electrons. The van der Waals surface area contributed by atoms with Gasteiger partial charge in [0.2, 0.25) is 5.91 Å². The quantitative estimate of drug-likeness (QED) is 0.562. The van der Waals surface area contributed by atoms with E-state index in [2.05, 4.69) is 4.18 Å². The van der Waals surface area contributed by atoms with Crippen molar-refractivity contribution >= 4 is 16.0 Å². The molecule has 2 N–H and O–H groups in total. The Kier molecular flexibility index (Phi) is 4.62. The summed E-state index contributed by atoms with van der Waals surface area (Å²) in [7, 11) is -3.93. The van der Waals surface area contributed by atoms with Crippen molar-refractivity contribution in [1.82, 2.24) is 5.32 Å². The fraction of sp³-hybridized carbons (Fsp3) is 0.300. The topological polar surface area (TPSA) is 92.7 Å². The molecule has 7 heteroatoms. The second-order valence-corrected chi connectivity index (χ2v) is 4.90. The molecular formula is C10H13NO5S. The molecule has 0 atom stereocenters. The Morgan fingerprint density at radius 2 is 1.94 bits per heavy atom. The Morgan fingerprint density at radius 1 is 1.35 bits per heavy atom. The lowest BCUT2D eigenvalue weighted by Crippen LogP contribution is -2.29. The number of aryl methyl sites for hydroxylation is 1. The number of hydrogen-bond donors (Lipinski definition) is 2. The van der Waals surface area contributed by atoms with Crippen LogP contribution in [-0.2, 0) is 19.1 Å². The molecule has 1 amide bonds. The van der Waals surface area contributed by atoms with Crippen molar-refractivity contribution in [3.05, 3.63) is 29.8 Å². The lowest BCUT2D eigenvalue weighted by molar-refractivity contribution is -0.124. The van der Waals surface area contributed by atoms with Crippen LogP contribution in [0, 0.1) is 6.92 Å². The fourth-order valence-corrected chi connectivity index (χ4v) is 1.91. The Morgan fingerprint density at radius 3 is 2.47 bits per heavy atom. The minimum Gasteiger partial charge on any atom is -0.376 e. The number of hydrogen-bond acceptors (Lipinski definition) is 5. The molecule has 0 aliphatic rings. The van der Waals surface area contributed by atoms with Crippen LogP contribution in [0.15, 0.2) is 29.2 Å². The molecule has 0 aliphatic heterocycles. The lowest BCUT2D eigenvalue weighted by atomic mass is 10.2. The SMILES string of the molecule is Cc1ccc(S(=O)(=O)OCC(=O)NCO)cc1. The molecule has 1 aromatic rings. The molecule has 0 bridgehead atoms. The lowest BCUT2D eigenvalue weighted by Gasteiger charge is -2.05. The van der Waals surface area contributed by atoms with Crippen LogP contribution in [-0.4, -0.2) is 32.8 Å². The normalized spacial score (nSPS) is 11.2.